The maximum atomic E-state index is 12.9. The van der Waals surface area contributed by atoms with Crippen molar-refractivity contribution in [3.05, 3.63) is 71.9 Å². The third-order valence-electron chi connectivity index (χ3n) is 4.82. The standard InChI is InChI=1S/C22H24N4O4/c1-30-21(28)19(12-15-13-24-17-10-6-5-9-16(15)17)25-20(27)18(26-22(23)29)11-14-7-3-2-4-8-14/h2-10,13,18-19,24H,11-12H2,1H3,(H,25,27)(H3,23,26,29)/t18-,19-/m1/s1. The first-order valence-corrected chi connectivity index (χ1v) is 9.51. The van der Waals surface area contributed by atoms with E-state index >= 15 is 0 Å². The molecular formula is C22H24N4O4. The number of aromatic nitrogens is 1. The van der Waals surface area contributed by atoms with E-state index in [1.54, 1.807) is 6.20 Å². The normalized spacial score (nSPS) is 12.7. The van der Waals surface area contributed by atoms with Gasteiger partial charge in [-0.25, -0.2) is 9.59 Å². The number of rotatable bonds is 8. The predicted octanol–water partition coefficient (Wildman–Crippen LogP) is 1.65. The Morgan fingerprint density at radius 2 is 1.67 bits per heavy atom. The van der Waals surface area contributed by atoms with Gasteiger partial charge in [-0.1, -0.05) is 48.5 Å². The molecule has 30 heavy (non-hydrogen) atoms. The summed E-state index contributed by atoms with van der Waals surface area (Å²) in [4.78, 5) is 39.8. The zero-order chi connectivity index (χ0) is 21.5. The summed E-state index contributed by atoms with van der Waals surface area (Å²) in [6.07, 6.45) is 2.27. The highest BCUT2D eigenvalue weighted by molar-refractivity contribution is 5.91. The van der Waals surface area contributed by atoms with Gasteiger partial charge in [0.25, 0.3) is 0 Å². The van der Waals surface area contributed by atoms with Crippen LogP contribution in [0.5, 0.6) is 0 Å². The van der Waals surface area contributed by atoms with Crippen molar-refractivity contribution in [2.75, 3.05) is 7.11 Å². The number of esters is 1. The Morgan fingerprint density at radius 1 is 0.967 bits per heavy atom. The van der Waals surface area contributed by atoms with Crippen LogP contribution in [0.25, 0.3) is 10.9 Å². The summed E-state index contributed by atoms with van der Waals surface area (Å²) in [6.45, 7) is 0. The van der Waals surface area contributed by atoms with Gasteiger partial charge < -0.3 is 26.1 Å². The zero-order valence-corrected chi connectivity index (χ0v) is 16.6. The molecule has 0 aliphatic carbocycles. The number of ether oxygens (including phenoxy) is 1. The number of primary amides is 1. The third kappa shape index (κ3) is 5.16. The van der Waals surface area contributed by atoms with Crippen LogP contribution in [0.15, 0.2) is 60.8 Å². The Kier molecular flexibility index (Phi) is 6.69. The van der Waals surface area contributed by atoms with Crippen LogP contribution >= 0.6 is 0 Å². The Labute approximate surface area is 173 Å². The van der Waals surface area contributed by atoms with Crippen LogP contribution in [0.2, 0.25) is 0 Å². The molecule has 0 fully saturated rings. The number of nitrogens with one attached hydrogen (secondary N) is 3. The molecule has 5 N–H and O–H groups in total. The van der Waals surface area contributed by atoms with Crippen molar-refractivity contribution in [3.63, 3.8) is 0 Å². The molecule has 2 atom stereocenters. The monoisotopic (exact) mass is 408 g/mol. The van der Waals surface area contributed by atoms with Crippen molar-refractivity contribution in [1.82, 2.24) is 15.6 Å². The molecule has 3 amide bonds. The van der Waals surface area contributed by atoms with Crippen molar-refractivity contribution >= 4 is 28.8 Å². The number of H-pyrrole nitrogens is 1. The smallest absolute Gasteiger partial charge is 0.328 e. The van der Waals surface area contributed by atoms with Crippen LogP contribution in [0, 0.1) is 0 Å². The predicted molar refractivity (Wildman–Crippen MR) is 113 cm³/mol. The maximum absolute atomic E-state index is 12.9. The van der Waals surface area contributed by atoms with E-state index in [0.29, 0.717) is 0 Å². The lowest BCUT2D eigenvalue weighted by atomic mass is 10.0. The minimum absolute atomic E-state index is 0.233. The third-order valence-corrected chi connectivity index (χ3v) is 4.82. The first-order valence-electron chi connectivity index (χ1n) is 9.51. The van der Waals surface area contributed by atoms with Crippen LogP contribution in [-0.4, -0.2) is 42.1 Å². The molecule has 156 valence electrons. The van der Waals surface area contributed by atoms with E-state index in [4.69, 9.17) is 10.5 Å². The van der Waals surface area contributed by atoms with Crippen LogP contribution in [0.4, 0.5) is 4.79 Å². The molecular weight excluding hydrogens is 384 g/mol. The molecule has 0 unspecified atom stereocenters. The van der Waals surface area contributed by atoms with Gasteiger partial charge in [-0.3, -0.25) is 4.79 Å². The van der Waals surface area contributed by atoms with E-state index in [9.17, 15) is 14.4 Å². The summed E-state index contributed by atoms with van der Waals surface area (Å²) in [5, 5.41) is 6.10. The van der Waals surface area contributed by atoms with E-state index in [1.807, 2.05) is 54.6 Å². The number of fused-ring (bicyclic) bond motifs is 1. The minimum Gasteiger partial charge on any atom is -0.467 e. The number of hydrogen-bond donors (Lipinski definition) is 4. The highest BCUT2D eigenvalue weighted by Gasteiger charge is 2.28. The number of aromatic amines is 1. The first-order chi connectivity index (χ1) is 14.5. The van der Waals surface area contributed by atoms with E-state index in [2.05, 4.69) is 15.6 Å². The van der Waals surface area contributed by atoms with Gasteiger partial charge in [-0.05, 0) is 17.2 Å². The molecule has 3 rings (SSSR count). The lowest BCUT2D eigenvalue weighted by Crippen LogP contribution is -2.54. The van der Waals surface area contributed by atoms with Gasteiger partial charge in [0.2, 0.25) is 5.91 Å². The van der Waals surface area contributed by atoms with Crippen LogP contribution in [-0.2, 0) is 27.2 Å². The van der Waals surface area contributed by atoms with E-state index in [-0.39, 0.29) is 12.8 Å². The Hall–Kier alpha value is -3.81. The number of methoxy groups -OCH3 is 1. The fourth-order valence-electron chi connectivity index (χ4n) is 3.36. The second-order valence-corrected chi connectivity index (χ2v) is 6.90. The maximum Gasteiger partial charge on any atom is 0.328 e. The molecule has 0 aliphatic rings. The number of benzene rings is 2. The molecule has 0 radical (unpaired) electrons. The summed E-state index contributed by atoms with van der Waals surface area (Å²) in [6, 6.07) is 14.2. The molecule has 0 spiro atoms. The lowest BCUT2D eigenvalue weighted by Gasteiger charge is -2.22. The highest BCUT2D eigenvalue weighted by Crippen LogP contribution is 2.19. The molecule has 1 heterocycles. The Balaban J connectivity index is 1.78. The summed E-state index contributed by atoms with van der Waals surface area (Å²) in [5.74, 6) is -1.10. The fourth-order valence-corrected chi connectivity index (χ4v) is 3.36. The Morgan fingerprint density at radius 3 is 2.37 bits per heavy atom. The summed E-state index contributed by atoms with van der Waals surface area (Å²) in [5.41, 5.74) is 7.89. The van der Waals surface area contributed by atoms with Gasteiger partial charge in [0.15, 0.2) is 0 Å². The molecule has 3 aromatic rings. The fraction of sp³-hybridized carbons (Fsp3) is 0.227. The summed E-state index contributed by atoms with van der Waals surface area (Å²) < 4.78 is 4.88. The van der Waals surface area contributed by atoms with Crippen molar-refractivity contribution < 1.29 is 19.1 Å². The average molecular weight is 408 g/mol. The molecule has 2 aromatic carbocycles. The Bertz CT molecular complexity index is 1030. The van der Waals surface area contributed by atoms with Gasteiger partial charge >= 0.3 is 12.0 Å². The number of carbonyl (C=O) groups is 3. The lowest BCUT2D eigenvalue weighted by molar-refractivity contribution is -0.145. The van der Waals surface area contributed by atoms with Crippen LogP contribution < -0.4 is 16.4 Å². The molecule has 0 bridgehead atoms. The number of para-hydroxylation sites is 1. The van der Waals surface area contributed by atoms with Crippen molar-refractivity contribution in [3.8, 4) is 0 Å². The summed E-state index contributed by atoms with van der Waals surface area (Å²) >= 11 is 0. The number of nitrogens with two attached hydrogens (primary N) is 1. The van der Waals surface area contributed by atoms with Crippen molar-refractivity contribution in [1.29, 1.82) is 0 Å². The number of amides is 3. The minimum atomic E-state index is -0.931. The van der Waals surface area contributed by atoms with Crippen LogP contribution in [0.1, 0.15) is 11.1 Å². The quantitative estimate of drug-likeness (QED) is 0.423. The van der Waals surface area contributed by atoms with Crippen LogP contribution in [0.3, 0.4) is 0 Å². The second kappa shape index (κ2) is 9.60. The largest absolute Gasteiger partial charge is 0.467 e. The van der Waals surface area contributed by atoms with E-state index in [1.165, 1.54) is 7.11 Å². The second-order valence-electron chi connectivity index (χ2n) is 6.90. The SMILES string of the molecule is COC(=O)[C@@H](Cc1c[nH]c2ccccc12)NC(=O)[C@@H](Cc1ccccc1)NC(N)=O. The number of urea groups is 1. The van der Waals surface area contributed by atoms with Gasteiger partial charge in [0, 0.05) is 29.9 Å². The highest BCUT2D eigenvalue weighted by atomic mass is 16.5. The molecule has 8 nitrogen and oxygen atoms in total. The molecule has 0 saturated heterocycles. The van der Waals surface area contributed by atoms with Gasteiger partial charge in [-0.15, -0.1) is 0 Å². The van der Waals surface area contributed by atoms with Crippen molar-refractivity contribution in [2.45, 2.75) is 24.9 Å². The molecule has 0 aliphatic heterocycles. The molecule has 1 aromatic heterocycles. The van der Waals surface area contributed by atoms with Gasteiger partial charge in [0.1, 0.15) is 12.1 Å². The zero-order valence-electron chi connectivity index (χ0n) is 16.6. The molecule has 8 heteroatoms. The average Bonchev–Trinajstić information content (AvgIpc) is 3.15. The number of hydrogen-bond acceptors (Lipinski definition) is 4. The first kappa shape index (κ1) is 20.9. The number of carbonyl (C=O) groups excluding carboxylic acids is 3. The van der Waals surface area contributed by atoms with Gasteiger partial charge in [0.05, 0.1) is 7.11 Å². The van der Waals surface area contributed by atoms with Crippen molar-refractivity contribution in [2.24, 2.45) is 5.73 Å². The van der Waals surface area contributed by atoms with E-state index in [0.717, 1.165) is 22.0 Å². The topological polar surface area (TPSA) is 126 Å². The summed E-state index contributed by atoms with van der Waals surface area (Å²) in [7, 11) is 1.26. The molecule has 0 saturated carbocycles. The van der Waals surface area contributed by atoms with E-state index < -0.39 is 30.0 Å². The van der Waals surface area contributed by atoms with Gasteiger partial charge in [-0.2, -0.15) is 0 Å².